The molecule has 7 heteroatoms. The van der Waals surface area contributed by atoms with Gasteiger partial charge in [-0.15, -0.1) is 0 Å². The molecule has 0 spiro atoms. The molecule has 0 aliphatic rings. The zero-order valence-electron chi connectivity index (χ0n) is 10.2. The van der Waals surface area contributed by atoms with Crippen molar-refractivity contribution in [2.45, 2.75) is 0 Å². The molecule has 100 valence electrons. The number of carbonyl (C=O) groups excluding carboxylic acids is 1. The number of urea groups is 1. The third-order valence-corrected chi connectivity index (χ3v) is 2.97. The van der Waals surface area contributed by atoms with Crippen LogP contribution in [0.5, 0.6) is 0 Å². The molecule has 1 heterocycles. The molecule has 0 saturated carbocycles. The standard InChI is InChI=1S/C13H10BrN5O/c14-11-5-9(16)7-17-12(11)19-13(20)18-10-3-1-8(6-15)2-4-10/h1-5,7H,16H2,(H2,17,18,19,20). The number of pyridine rings is 1. The highest BCUT2D eigenvalue weighted by atomic mass is 79.9. The minimum atomic E-state index is -0.437. The van der Waals surface area contributed by atoms with Crippen molar-refractivity contribution in [2.24, 2.45) is 0 Å². The van der Waals surface area contributed by atoms with E-state index in [9.17, 15) is 4.79 Å². The van der Waals surface area contributed by atoms with E-state index in [1.54, 1.807) is 30.3 Å². The van der Waals surface area contributed by atoms with Gasteiger partial charge in [0.15, 0.2) is 0 Å². The smallest absolute Gasteiger partial charge is 0.324 e. The molecule has 0 unspecified atom stereocenters. The Labute approximate surface area is 123 Å². The maximum atomic E-state index is 11.8. The van der Waals surface area contributed by atoms with Gasteiger partial charge in [-0.25, -0.2) is 9.78 Å². The van der Waals surface area contributed by atoms with E-state index in [1.165, 1.54) is 6.20 Å². The second-order valence-electron chi connectivity index (χ2n) is 3.87. The molecule has 2 rings (SSSR count). The number of nitriles is 1. The highest BCUT2D eigenvalue weighted by molar-refractivity contribution is 9.10. The number of nitrogens with one attached hydrogen (secondary N) is 2. The number of halogens is 1. The topological polar surface area (TPSA) is 104 Å². The van der Waals surface area contributed by atoms with Gasteiger partial charge in [0.05, 0.1) is 28.0 Å². The zero-order valence-corrected chi connectivity index (χ0v) is 11.8. The monoisotopic (exact) mass is 331 g/mol. The van der Waals surface area contributed by atoms with Gasteiger partial charge in [-0.3, -0.25) is 5.32 Å². The van der Waals surface area contributed by atoms with Gasteiger partial charge in [0.1, 0.15) is 5.82 Å². The second kappa shape index (κ2) is 6.04. The Morgan fingerprint density at radius 2 is 2.00 bits per heavy atom. The Hall–Kier alpha value is -2.59. The van der Waals surface area contributed by atoms with Gasteiger partial charge >= 0.3 is 6.03 Å². The van der Waals surface area contributed by atoms with Gasteiger partial charge in [-0.1, -0.05) is 0 Å². The zero-order chi connectivity index (χ0) is 14.5. The molecule has 0 bridgehead atoms. The maximum absolute atomic E-state index is 11.8. The van der Waals surface area contributed by atoms with Crippen LogP contribution in [0.15, 0.2) is 41.0 Å². The van der Waals surface area contributed by atoms with E-state index in [0.717, 1.165) is 0 Å². The van der Waals surface area contributed by atoms with Crippen LogP contribution in [0.4, 0.5) is 22.0 Å². The third-order valence-electron chi connectivity index (χ3n) is 2.37. The van der Waals surface area contributed by atoms with Crippen molar-refractivity contribution in [3.8, 4) is 6.07 Å². The first-order valence-electron chi connectivity index (χ1n) is 5.57. The number of hydrogen-bond acceptors (Lipinski definition) is 4. The van der Waals surface area contributed by atoms with Crippen molar-refractivity contribution in [1.82, 2.24) is 4.98 Å². The van der Waals surface area contributed by atoms with Crippen LogP contribution in [0.1, 0.15) is 5.56 Å². The Bertz CT molecular complexity index is 678. The number of carbonyl (C=O) groups is 1. The van der Waals surface area contributed by atoms with Gasteiger partial charge in [-0.05, 0) is 46.3 Å². The predicted molar refractivity (Wildman–Crippen MR) is 80.1 cm³/mol. The average molecular weight is 332 g/mol. The van der Waals surface area contributed by atoms with Crippen molar-refractivity contribution in [1.29, 1.82) is 5.26 Å². The summed E-state index contributed by atoms with van der Waals surface area (Å²) in [5, 5.41) is 13.9. The summed E-state index contributed by atoms with van der Waals surface area (Å²) >= 11 is 3.26. The summed E-state index contributed by atoms with van der Waals surface area (Å²) in [5.74, 6) is 0.366. The molecule has 1 aromatic heterocycles. The molecule has 0 radical (unpaired) electrons. The first-order chi connectivity index (χ1) is 9.58. The molecule has 0 atom stereocenters. The van der Waals surface area contributed by atoms with Crippen LogP contribution < -0.4 is 16.4 Å². The Kier molecular flexibility index (Phi) is 4.17. The van der Waals surface area contributed by atoms with E-state index in [-0.39, 0.29) is 0 Å². The third kappa shape index (κ3) is 3.46. The van der Waals surface area contributed by atoms with Crippen LogP contribution in [0.2, 0.25) is 0 Å². The van der Waals surface area contributed by atoms with E-state index in [4.69, 9.17) is 11.0 Å². The summed E-state index contributed by atoms with van der Waals surface area (Å²) in [5.41, 5.74) is 7.16. The fourth-order valence-electron chi connectivity index (χ4n) is 1.44. The van der Waals surface area contributed by atoms with Crippen LogP contribution in [-0.4, -0.2) is 11.0 Å². The SMILES string of the molecule is N#Cc1ccc(NC(=O)Nc2ncc(N)cc2Br)cc1. The number of anilines is 3. The molecule has 20 heavy (non-hydrogen) atoms. The van der Waals surface area contributed by atoms with E-state index in [2.05, 4.69) is 31.5 Å². The number of rotatable bonds is 2. The van der Waals surface area contributed by atoms with E-state index < -0.39 is 6.03 Å². The molecule has 1 aromatic carbocycles. The van der Waals surface area contributed by atoms with Crippen LogP contribution in [0.25, 0.3) is 0 Å². The van der Waals surface area contributed by atoms with Crippen molar-refractivity contribution in [2.75, 3.05) is 16.4 Å². The lowest BCUT2D eigenvalue weighted by atomic mass is 10.2. The van der Waals surface area contributed by atoms with Crippen LogP contribution in [0, 0.1) is 11.3 Å². The van der Waals surface area contributed by atoms with Gasteiger partial charge < -0.3 is 11.1 Å². The summed E-state index contributed by atoms with van der Waals surface area (Å²) in [7, 11) is 0. The van der Waals surface area contributed by atoms with E-state index in [0.29, 0.717) is 27.2 Å². The van der Waals surface area contributed by atoms with Crippen LogP contribution >= 0.6 is 15.9 Å². The molecule has 4 N–H and O–H groups in total. The van der Waals surface area contributed by atoms with E-state index >= 15 is 0 Å². The summed E-state index contributed by atoms with van der Waals surface area (Å²) in [6.07, 6.45) is 1.45. The fourth-order valence-corrected chi connectivity index (χ4v) is 1.91. The molecule has 2 amide bonds. The number of hydrogen-bond donors (Lipinski definition) is 3. The number of benzene rings is 1. The minimum absolute atomic E-state index is 0.366. The normalized spacial score (nSPS) is 9.60. The molecule has 0 aliphatic heterocycles. The molecule has 6 nitrogen and oxygen atoms in total. The summed E-state index contributed by atoms with van der Waals surface area (Å²) in [6.45, 7) is 0. The summed E-state index contributed by atoms with van der Waals surface area (Å²) in [4.78, 5) is 15.8. The number of nitrogens with zero attached hydrogens (tertiary/aromatic N) is 2. The number of aromatic nitrogens is 1. The number of nitrogen functional groups attached to an aromatic ring is 1. The Morgan fingerprint density at radius 3 is 2.60 bits per heavy atom. The lowest BCUT2D eigenvalue weighted by molar-refractivity contribution is 0.262. The van der Waals surface area contributed by atoms with Crippen LogP contribution in [-0.2, 0) is 0 Å². The lowest BCUT2D eigenvalue weighted by Gasteiger charge is -2.08. The highest BCUT2D eigenvalue weighted by Crippen LogP contribution is 2.21. The van der Waals surface area contributed by atoms with Gasteiger partial charge in [0.2, 0.25) is 0 Å². The largest absolute Gasteiger partial charge is 0.397 e. The summed E-state index contributed by atoms with van der Waals surface area (Å²) < 4.78 is 0.590. The van der Waals surface area contributed by atoms with Crippen molar-refractivity contribution >= 4 is 39.2 Å². The van der Waals surface area contributed by atoms with Gasteiger partial charge in [-0.2, -0.15) is 5.26 Å². The lowest BCUT2D eigenvalue weighted by Crippen LogP contribution is -2.20. The molecule has 0 saturated heterocycles. The molecule has 0 aliphatic carbocycles. The maximum Gasteiger partial charge on any atom is 0.324 e. The molecular weight excluding hydrogens is 322 g/mol. The summed E-state index contributed by atoms with van der Waals surface area (Å²) in [6, 6.07) is 9.73. The van der Waals surface area contributed by atoms with Crippen LogP contribution in [0.3, 0.4) is 0 Å². The minimum Gasteiger partial charge on any atom is -0.397 e. The Balaban J connectivity index is 2.03. The predicted octanol–water partition coefficient (Wildman–Crippen LogP) is 2.94. The highest BCUT2D eigenvalue weighted by Gasteiger charge is 2.07. The second-order valence-corrected chi connectivity index (χ2v) is 4.72. The van der Waals surface area contributed by atoms with Crippen molar-refractivity contribution in [3.05, 3.63) is 46.6 Å². The number of amides is 2. The van der Waals surface area contributed by atoms with Crippen molar-refractivity contribution in [3.63, 3.8) is 0 Å². The van der Waals surface area contributed by atoms with E-state index in [1.807, 2.05) is 6.07 Å². The molecule has 0 fully saturated rings. The fraction of sp³-hybridized carbons (Fsp3) is 0. The van der Waals surface area contributed by atoms with Gasteiger partial charge in [0, 0.05) is 5.69 Å². The van der Waals surface area contributed by atoms with Crippen molar-refractivity contribution < 1.29 is 4.79 Å². The number of nitrogens with two attached hydrogens (primary N) is 1. The Morgan fingerprint density at radius 1 is 1.30 bits per heavy atom. The average Bonchev–Trinajstić information content (AvgIpc) is 2.43. The first kappa shape index (κ1) is 13.8. The molecular formula is C13H10BrN5O. The molecule has 2 aromatic rings. The first-order valence-corrected chi connectivity index (χ1v) is 6.37. The van der Waals surface area contributed by atoms with Gasteiger partial charge in [0.25, 0.3) is 0 Å². The quantitative estimate of drug-likeness (QED) is 0.786.